The van der Waals surface area contributed by atoms with E-state index in [0.29, 0.717) is 25.8 Å². The Hall–Kier alpha value is -2.91. The van der Waals surface area contributed by atoms with Crippen molar-refractivity contribution in [3.63, 3.8) is 0 Å². The number of benzene rings is 3. The SMILES string of the molecule is O=C(CSc1nc2ccccc2o1)NN1C(=O)/C(=C/c2cccc(Cl)c2)SC1c1cccc(Cl)c1. The lowest BCUT2D eigenvalue weighted by molar-refractivity contribution is -0.137. The van der Waals surface area contributed by atoms with Crippen molar-refractivity contribution in [2.45, 2.75) is 10.6 Å². The minimum atomic E-state index is -0.482. The fraction of sp³-hybridized carbons (Fsp3) is 0.0800. The summed E-state index contributed by atoms with van der Waals surface area (Å²) in [6.07, 6.45) is 1.76. The predicted octanol–water partition coefficient (Wildman–Crippen LogP) is 6.57. The van der Waals surface area contributed by atoms with E-state index >= 15 is 0 Å². The Morgan fingerprint density at radius 1 is 1.09 bits per heavy atom. The van der Waals surface area contributed by atoms with E-state index < -0.39 is 5.37 Å². The van der Waals surface area contributed by atoms with Gasteiger partial charge >= 0.3 is 0 Å². The second kappa shape index (κ2) is 10.4. The van der Waals surface area contributed by atoms with Crippen molar-refractivity contribution in [1.29, 1.82) is 0 Å². The van der Waals surface area contributed by atoms with Crippen molar-refractivity contribution in [1.82, 2.24) is 15.4 Å². The first-order valence-electron chi connectivity index (χ1n) is 10.5. The molecule has 1 unspecified atom stereocenters. The van der Waals surface area contributed by atoms with Gasteiger partial charge in [-0.25, -0.2) is 9.99 Å². The number of carbonyl (C=O) groups excluding carboxylic acids is 2. The number of nitrogens with zero attached hydrogens (tertiary/aromatic N) is 2. The Labute approximate surface area is 219 Å². The summed E-state index contributed by atoms with van der Waals surface area (Å²) in [5.41, 5.74) is 5.70. The predicted molar refractivity (Wildman–Crippen MR) is 141 cm³/mol. The maximum absolute atomic E-state index is 13.3. The standard InChI is InChI=1S/C25H17Cl2N3O3S2/c26-17-7-3-5-15(11-17)12-21-23(32)30(24(35-21)16-6-4-8-18(27)13-16)29-22(31)14-34-25-28-19-9-1-2-10-20(19)33-25/h1-13,24H,14H2,(H,29,31)/b21-12-. The van der Waals surface area contributed by atoms with Crippen molar-refractivity contribution in [3.05, 3.63) is 98.9 Å². The van der Waals surface area contributed by atoms with Crippen LogP contribution in [0.25, 0.3) is 17.2 Å². The van der Waals surface area contributed by atoms with E-state index in [-0.39, 0.29) is 17.6 Å². The van der Waals surface area contributed by atoms with Crippen molar-refractivity contribution in [2.75, 3.05) is 5.75 Å². The largest absolute Gasteiger partial charge is 0.431 e. The number of aromatic nitrogens is 1. The molecule has 1 saturated heterocycles. The molecule has 10 heteroatoms. The third-order valence-electron chi connectivity index (χ3n) is 5.03. The van der Waals surface area contributed by atoms with Gasteiger partial charge in [0.15, 0.2) is 5.58 Å². The lowest BCUT2D eigenvalue weighted by atomic mass is 10.2. The Bertz CT molecular complexity index is 1420. The first-order valence-corrected chi connectivity index (χ1v) is 13.1. The van der Waals surface area contributed by atoms with Crippen LogP contribution in [-0.2, 0) is 9.59 Å². The summed E-state index contributed by atoms with van der Waals surface area (Å²) < 4.78 is 5.66. The molecule has 1 N–H and O–H groups in total. The fourth-order valence-electron chi connectivity index (χ4n) is 3.49. The lowest BCUT2D eigenvalue weighted by Gasteiger charge is -2.24. The summed E-state index contributed by atoms with van der Waals surface area (Å²) in [6, 6.07) is 21.8. The van der Waals surface area contributed by atoms with Crippen LogP contribution in [0.1, 0.15) is 16.5 Å². The Morgan fingerprint density at radius 2 is 1.86 bits per heavy atom. The summed E-state index contributed by atoms with van der Waals surface area (Å²) >= 11 is 14.8. The van der Waals surface area contributed by atoms with Gasteiger partial charge in [-0.2, -0.15) is 0 Å². The Kier molecular flexibility index (Phi) is 7.06. The highest BCUT2D eigenvalue weighted by atomic mass is 35.5. The molecule has 176 valence electrons. The second-order valence-corrected chi connectivity index (χ2v) is 10.5. The molecule has 3 aromatic carbocycles. The van der Waals surface area contributed by atoms with E-state index in [1.54, 1.807) is 30.3 Å². The summed E-state index contributed by atoms with van der Waals surface area (Å²) in [5.74, 6) is -0.654. The summed E-state index contributed by atoms with van der Waals surface area (Å²) in [6.45, 7) is 0. The number of rotatable bonds is 6. The maximum atomic E-state index is 13.3. The molecule has 1 atom stereocenters. The highest BCUT2D eigenvalue weighted by Crippen LogP contribution is 2.45. The van der Waals surface area contributed by atoms with E-state index in [1.807, 2.05) is 48.5 Å². The van der Waals surface area contributed by atoms with Crippen LogP contribution in [0, 0.1) is 0 Å². The molecule has 0 bridgehead atoms. The number of hydrogen-bond donors (Lipinski definition) is 1. The maximum Gasteiger partial charge on any atom is 0.280 e. The van der Waals surface area contributed by atoms with Crippen LogP contribution >= 0.6 is 46.7 Å². The van der Waals surface area contributed by atoms with Crippen LogP contribution < -0.4 is 5.43 Å². The third-order valence-corrected chi connectivity index (χ3v) is 7.58. The van der Waals surface area contributed by atoms with E-state index in [9.17, 15) is 9.59 Å². The van der Waals surface area contributed by atoms with Gasteiger partial charge in [0.1, 0.15) is 10.9 Å². The highest BCUT2D eigenvalue weighted by Gasteiger charge is 2.38. The lowest BCUT2D eigenvalue weighted by Crippen LogP contribution is -2.45. The smallest absolute Gasteiger partial charge is 0.280 e. The second-order valence-electron chi connectivity index (χ2n) is 7.54. The summed E-state index contributed by atoms with van der Waals surface area (Å²) in [7, 11) is 0. The highest BCUT2D eigenvalue weighted by molar-refractivity contribution is 8.04. The van der Waals surface area contributed by atoms with Gasteiger partial charge in [0.2, 0.25) is 5.91 Å². The molecule has 1 aromatic heterocycles. The minimum Gasteiger partial charge on any atom is -0.431 e. The molecular formula is C25H17Cl2N3O3S2. The van der Waals surface area contributed by atoms with E-state index in [4.69, 9.17) is 27.6 Å². The molecule has 35 heavy (non-hydrogen) atoms. The molecule has 0 saturated carbocycles. The van der Waals surface area contributed by atoms with Crippen LogP contribution in [0.5, 0.6) is 0 Å². The number of nitrogens with one attached hydrogen (secondary N) is 1. The van der Waals surface area contributed by atoms with Crippen molar-refractivity contribution in [2.24, 2.45) is 0 Å². The number of hydrazine groups is 1. The number of fused-ring (bicyclic) bond motifs is 1. The van der Waals surface area contributed by atoms with Gasteiger partial charge in [0.25, 0.3) is 11.1 Å². The summed E-state index contributed by atoms with van der Waals surface area (Å²) in [5, 5.41) is 2.35. The first kappa shape index (κ1) is 23.8. The average Bonchev–Trinajstić information content (AvgIpc) is 3.39. The fourth-order valence-corrected chi connectivity index (χ4v) is 5.69. The van der Waals surface area contributed by atoms with Gasteiger partial charge in [-0.05, 0) is 53.6 Å². The average molecular weight is 542 g/mol. The van der Waals surface area contributed by atoms with E-state index in [0.717, 1.165) is 28.4 Å². The third kappa shape index (κ3) is 5.51. The van der Waals surface area contributed by atoms with Gasteiger partial charge in [-0.15, -0.1) is 0 Å². The number of amides is 2. The number of thioether (sulfide) groups is 2. The molecule has 0 spiro atoms. The zero-order valence-electron chi connectivity index (χ0n) is 18.0. The molecule has 0 radical (unpaired) electrons. The zero-order chi connectivity index (χ0) is 24.4. The molecule has 0 aliphatic carbocycles. The molecule has 2 amide bonds. The van der Waals surface area contributed by atoms with Gasteiger partial charge in [0, 0.05) is 10.0 Å². The van der Waals surface area contributed by atoms with Crippen molar-refractivity contribution in [3.8, 4) is 0 Å². The topological polar surface area (TPSA) is 75.4 Å². The van der Waals surface area contributed by atoms with Gasteiger partial charge in [-0.3, -0.25) is 15.0 Å². The normalized spacial score (nSPS) is 16.9. The van der Waals surface area contributed by atoms with Crippen LogP contribution in [0.2, 0.25) is 10.0 Å². The first-order chi connectivity index (χ1) is 17.0. The van der Waals surface area contributed by atoms with Gasteiger partial charge < -0.3 is 4.42 Å². The molecule has 4 aromatic rings. The number of carbonyl (C=O) groups is 2. The van der Waals surface area contributed by atoms with Crippen molar-refractivity contribution < 1.29 is 14.0 Å². The number of halogens is 2. The molecule has 1 aliphatic heterocycles. The van der Waals surface area contributed by atoms with Crippen molar-refractivity contribution >= 4 is 75.7 Å². The van der Waals surface area contributed by atoms with Crippen LogP contribution in [0.4, 0.5) is 0 Å². The van der Waals surface area contributed by atoms with E-state index in [1.165, 1.54) is 16.8 Å². The molecule has 2 heterocycles. The van der Waals surface area contributed by atoms with Crippen LogP contribution in [-0.4, -0.2) is 27.6 Å². The minimum absolute atomic E-state index is 0.0247. The molecule has 6 nitrogen and oxygen atoms in total. The number of hydrogen-bond acceptors (Lipinski definition) is 6. The van der Waals surface area contributed by atoms with Crippen LogP contribution in [0.3, 0.4) is 0 Å². The molecule has 1 aliphatic rings. The summed E-state index contributed by atoms with van der Waals surface area (Å²) in [4.78, 5) is 31.0. The Morgan fingerprint density at radius 3 is 2.63 bits per heavy atom. The van der Waals surface area contributed by atoms with Gasteiger partial charge in [-0.1, -0.05) is 83.1 Å². The molecule has 1 fully saturated rings. The zero-order valence-corrected chi connectivity index (χ0v) is 21.1. The number of oxazole rings is 1. The Balaban J connectivity index is 1.35. The van der Waals surface area contributed by atoms with Gasteiger partial charge in [0.05, 0.1) is 10.7 Å². The monoisotopic (exact) mass is 541 g/mol. The van der Waals surface area contributed by atoms with Crippen LogP contribution in [0.15, 0.2) is 87.3 Å². The number of para-hydroxylation sites is 2. The van der Waals surface area contributed by atoms with E-state index in [2.05, 4.69) is 10.4 Å². The quantitative estimate of drug-likeness (QED) is 0.219. The molecular weight excluding hydrogens is 525 g/mol. The molecule has 5 rings (SSSR count).